The summed E-state index contributed by atoms with van der Waals surface area (Å²) in [6.07, 6.45) is -1.60. The van der Waals surface area contributed by atoms with Crippen LogP contribution in [0.3, 0.4) is 0 Å². The Balaban J connectivity index is 1.92. The number of benzene rings is 2. The maximum absolute atomic E-state index is 12.9. The summed E-state index contributed by atoms with van der Waals surface area (Å²) in [5.74, 6) is -1.03. The number of ketones is 1. The van der Waals surface area contributed by atoms with Crippen LogP contribution in [0, 0.1) is 0 Å². The Kier molecular flexibility index (Phi) is 6.23. The molecule has 0 saturated heterocycles. The number of aryl methyl sites for hydroxylation is 1. The summed E-state index contributed by atoms with van der Waals surface area (Å²) in [5, 5.41) is 0.222. The van der Waals surface area contributed by atoms with Crippen molar-refractivity contribution in [1.82, 2.24) is 0 Å². The van der Waals surface area contributed by atoms with Crippen LogP contribution in [0.25, 0.3) is 0 Å². The van der Waals surface area contributed by atoms with Crippen LogP contribution in [0.2, 0.25) is 5.02 Å². The van der Waals surface area contributed by atoms with E-state index in [1.165, 1.54) is 18.2 Å². The first-order valence-corrected chi connectivity index (χ1v) is 10.5. The SMILES string of the molecule is C[n+]1cccc(C(=O)c2cc(Cl)ccc2NS(=O)(=O)c2ccc(OC(F)(F)F)cc2)c1. The Morgan fingerprint density at radius 3 is 2.39 bits per heavy atom. The van der Waals surface area contributed by atoms with E-state index in [2.05, 4.69) is 9.46 Å². The molecule has 2 aromatic carbocycles. The van der Waals surface area contributed by atoms with Crippen molar-refractivity contribution in [1.29, 1.82) is 0 Å². The highest BCUT2D eigenvalue weighted by molar-refractivity contribution is 7.92. The van der Waals surface area contributed by atoms with Crippen molar-refractivity contribution >= 4 is 33.1 Å². The van der Waals surface area contributed by atoms with Gasteiger partial charge in [-0.1, -0.05) is 11.6 Å². The van der Waals surface area contributed by atoms with E-state index in [-0.39, 0.29) is 21.2 Å². The molecule has 6 nitrogen and oxygen atoms in total. The molecule has 162 valence electrons. The van der Waals surface area contributed by atoms with Crippen molar-refractivity contribution in [2.75, 3.05) is 4.72 Å². The molecule has 0 amide bonds. The topological polar surface area (TPSA) is 76.4 Å². The van der Waals surface area contributed by atoms with E-state index in [4.69, 9.17) is 11.6 Å². The van der Waals surface area contributed by atoms with Crippen molar-refractivity contribution in [3.63, 3.8) is 0 Å². The fourth-order valence-electron chi connectivity index (χ4n) is 2.70. The highest BCUT2D eigenvalue weighted by Crippen LogP contribution is 2.28. The van der Waals surface area contributed by atoms with Gasteiger partial charge in [-0.25, -0.2) is 13.0 Å². The number of sulfonamides is 1. The number of alkyl halides is 3. The molecule has 1 N–H and O–H groups in total. The van der Waals surface area contributed by atoms with Gasteiger partial charge >= 0.3 is 6.36 Å². The first-order chi connectivity index (χ1) is 14.4. The molecule has 0 unspecified atom stereocenters. The number of nitrogens with zero attached hydrogens (tertiary/aromatic N) is 1. The molecule has 3 rings (SSSR count). The lowest BCUT2D eigenvalue weighted by Crippen LogP contribution is -2.28. The number of nitrogens with one attached hydrogen (secondary N) is 1. The molecule has 0 spiro atoms. The Bertz CT molecular complexity index is 1230. The predicted molar refractivity (Wildman–Crippen MR) is 106 cm³/mol. The zero-order valence-corrected chi connectivity index (χ0v) is 17.4. The van der Waals surface area contributed by atoms with Gasteiger partial charge in [-0.2, -0.15) is 0 Å². The standard InChI is InChI=1S/C20H14ClF3N2O4S/c1-26-10-2-3-13(12-26)19(27)17-11-14(21)4-9-18(17)25-31(28,29)16-7-5-15(6-8-16)30-20(22,23)24/h2-12H,1H3/p+1. The van der Waals surface area contributed by atoms with Crippen LogP contribution in [0.5, 0.6) is 5.75 Å². The minimum absolute atomic E-state index is 0.0132. The summed E-state index contributed by atoms with van der Waals surface area (Å²) in [5.41, 5.74) is 0.289. The Morgan fingerprint density at radius 2 is 1.77 bits per heavy atom. The zero-order valence-electron chi connectivity index (χ0n) is 15.9. The molecule has 1 heterocycles. The molecule has 0 aliphatic carbocycles. The van der Waals surface area contributed by atoms with E-state index in [1.807, 2.05) is 0 Å². The van der Waals surface area contributed by atoms with Crippen LogP contribution in [-0.2, 0) is 17.1 Å². The smallest absolute Gasteiger partial charge is 0.406 e. The van der Waals surface area contributed by atoms with Crippen LogP contribution < -0.4 is 14.0 Å². The molecule has 0 fully saturated rings. The van der Waals surface area contributed by atoms with Gasteiger partial charge < -0.3 is 4.74 Å². The average Bonchev–Trinajstić information content (AvgIpc) is 2.68. The second-order valence-corrected chi connectivity index (χ2v) is 8.52. The molecule has 0 aliphatic rings. The first kappa shape index (κ1) is 22.6. The van der Waals surface area contributed by atoms with Gasteiger partial charge in [-0.05, 0) is 48.5 Å². The normalized spacial score (nSPS) is 11.8. The van der Waals surface area contributed by atoms with Gasteiger partial charge in [0.15, 0.2) is 12.4 Å². The van der Waals surface area contributed by atoms with E-state index < -0.39 is 27.9 Å². The molecule has 31 heavy (non-hydrogen) atoms. The van der Waals surface area contributed by atoms with Gasteiger partial charge in [-0.3, -0.25) is 9.52 Å². The van der Waals surface area contributed by atoms with Gasteiger partial charge in [0.25, 0.3) is 10.0 Å². The third-order valence-corrected chi connectivity index (χ3v) is 5.66. The minimum atomic E-state index is -4.90. The molecule has 0 radical (unpaired) electrons. The van der Waals surface area contributed by atoms with Gasteiger partial charge in [-0.15, -0.1) is 13.2 Å². The minimum Gasteiger partial charge on any atom is -0.406 e. The predicted octanol–water partition coefficient (Wildman–Crippen LogP) is 4.09. The first-order valence-electron chi connectivity index (χ1n) is 8.63. The number of halogens is 4. The fraction of sp³-hybridized carbons (Fsp3) is 0.100. The number of hydrogen-bond donors (Lipinski definition) is 1. The zero-order chi connectivity index (χ0) is 22.8. The number of aromatic nitrogens is 1. The van der Waals surface area contributed by atoms with Crippen molar-refractivity contribution < 1.29 is 35.7 Å². The number of rotatable bonds is 6. The quantitative estimate of drug-likeness (QED) is 0.434. The number of ether oxygens (including phenoxy) is 1. The second-order valence-electron chi connectivity index (χ2n) is 6.40. The molecule has 0 bridgehead atoms. The van der Waals surface area contributed by atoms with Crippen molar-refractivity contribution in [2.24, 2.45) is 7.05 Å². The summed E-state index contributed by atoms with van der Waals surface area (Å²) in [6, 6.07) is 11.0. The second kappa shape index (κ2) is 8.56. The lowest BCUT2D eigenvalue weighted by atomic mass is 10.0. The summed E-state index contributed by atoms with van der Waals surface area (Å²) < 4.78 is 70.0. The number of hydrogen-bond acceptors (Lipinski definition) is 4. The molecule has 11 heteroatoms. The molecular weight excluding hydrogens is 457 g/mol. The number of anilines is 1. The molecule has 3 aromatic rings. The molecule has 0 atom stereocenters. The van der Waals surface area contributed by atoms with Crippen LogP contribution in [0.4, 0.5) is 18.9 Å². The largest absolute Gasteiger partial charge is 0.573 e. The fourth-order valence-corrected chi connectivity index (χ4v) is 3.95. The maximum atomic E-state index is 12.9. The lowest BCUT2D eigenvalue weighted by Gasteiger charge is -2.13. The maximum Gasteiger partial charge on any atom is 0.573 e. The molecule has 0 saturated carbocycles. The van der Waals surface area contributed by atoms with Crippen molar-refractivity contribution in [3.05, 3.63) is 83.1 Å². The monoisotopic (exact) mass is 471 g/mol. The van der Waals surface area contributed by atoms with Crippen LogP contribution in [0.1, 0.15) is 15.9 Å². The summed E-state index contributed by atoms with van der Waals surface area (Å²) in [7, 11) is -2.49. The summed E-state index contributed by atoms with van der Waals surface area (Å²) >= 11 is 6.00. The number of carbonyl (C=O) groups is 1. The summed E-state index contributed by atoms with van der Waals surface area (Å²) in [4.78, 5) is 12.6. The molecular formula is C20H15ClF3N2O4S+. The lowest BCUT2D eigenvalue weighted by molar-refractivity contribution is -0.671. The van der Waals surface area contributed by atoms with Crippen LogP contribution in [-0.4, -0.2) is 20.6 Å². The highest BCUT2D eigenvalue weighted by atomic mass is 35.5. The van der Waals surface area contributed by atoms with Crippen molar-refractivity contribution in [3.8, 4) is 5.75 Å². The number of carbonyl (C=O) groups excluding carboxylic acids is 1. The average molecular weight is 472 g/mol. The van der Waals surface area contributed by atoms with Crippen LogP contribution in [0.15, 0.2) is 71.9 Å². The third-order valence-electron chi connectivity index (χ3n) is 4.04. The Morgan fingerprint density at radius 1 is 1.10 bits per heavy atom. The van der Waals surface area contributed by atoms with E-state index >= 15 is 0 Å². The Hall–Kier alpha value is -3.11. The Labute approximate surface area is 180 Å². The molecule has 0 aliphatic heterocycles. The van der Waals surface area contributed by atoms with E-state index in [1.54, 1.807) is 36.1 Å². The highest BCUT2D eigenvalue weighted by Gasteiger charge is 2.31. The van der Waals surface area contributed by atoms with E-state index in [9.17, 15) is 26.4 Å². The van der Waals surface area contributed by atoms with Gasteiger partial charge in [0.2, 0.25) is 5.78 Å². The van der Waals surface area contributed by atoms with E-state index in [0.29, 0.717) is 5.56 Å². The number of pyridine rings is 1. The van der Waals surface area contributed by atoms with Crippen LogP contribution >= 0.6 is 11.6 Å². The van der Waals surface area contributed by atoms with E-state index in [0.717, 1.165) is 24.3 Å². The van der Waals surface area contributed by atoms with Gasteiger partial charge in [0.1, 0.15) is 12.8 Å². The van der Waals surface area contributed by atoms with Gasteiger partial charge in [0, 0.05) is 16.7 Å². The summed E-state index contributed by atoms with van der Waals surface area (Å²) in [6.45, 7) is 0. The third kappa shape index (κ3) is 5.74. The van der Waals surface area contributed by atoms with Crippen molar-refractivity contribution in [2.45, 2.75) is 11.3 Å². The molecule has 1 aromatic heterocycles. The van der Waals surface area contributed by atoms with Gasteiger partial charge in [0.05, 0.1) is 16.1 Å².